The minimum Gasteiger partial charge on any atom is -0.496 e. The average Bonchev–Trinajstić information content (AvgIpc) is 3.08. The minimum absolute atomic E-state index is 0.181. The van der Waals surface area contributed by atoms with Crippen molar-refractivity contribution >= 4 is 15.9 Å². The van der Waals surface area contributed by atoms with E-state index in [2.05, 4.69) is 25.2 Å². The van der Waals surface area contributed by atoms with Crippen LogP contribution in [-0.4, -0.2) is 38.8 Å². The van der Waals surface area contributed by atoms with Gasteiger partial charge in [-0.1, -0.05) is 32.8 Å². The smallest absolute Gasteiger partial charge is 0.252 e. The van der Waals surface area contributed by atoms with Gasteiger partial charge in [-0.2, -0.15) is 4.31 Å². The third-order valence-corrected chi connectivity index (χ3v) is 8.61. The van der Waals surface area contributed by atoms with Crippen molar-refractivity contribution in [1.82, 2.24) is 9.62 Å². The Morgan fingerprint density at radius 2 is 1.59 bits per heavy atom. The summed E-state index contributed by atoms with van der Waals surface area (Å²) in [5.41, 5.74) is 4.27. The highest BCUT2D eigenvalue weighted by Crippen LogP contribution is 2.32. The summed E-state index contributed by atoms with van der Waals surface area (Å²) in [6.07, 6.45) is 3.84. The summed E-state index contributed by atoms with van der Waals surface area (Å²) in [6, 6.07) is 8.71. The van der Waals surface area contributed by atoms with Crippen LogP contribution in [0.25, 0.3) is 0 Å². The number of rotatable bonds is 7. The van der Waals surface area contributed by atoms with Gasteiger partial charge in [0, 0.05) is 18.7 Å². The molecule has 3 rings (SSSR count). The summed E-state index contributed by atoms with van der Waals surface area (Å²) in [5.74, 6) is 0.844. The number of nitrogens with zero attached hydrogens (tertiary/aromatic N) is 1. The zero-order chi connectivity index (χ0) is 25.0. The van der Waals surface area contributed by atoms with Crippen LogP contribution in [0.2, 0.25) is 0 Å². The lowest BCUT2D eigenvalue weighted by molar-refractivity contribution is 0.0939. The first-order chi connectivity index (χ1) is 16.1. The van der Waals surface area contributed by atoms with Crippen LogP contribution in [-0.2, 0) is 10.0 Å². The molecule has 0 bridgehead atoms. The minimum atomic E-state index is -3.63. The lowest BCUT2D eigenvalue weighted by atomic mass is 9.93. The molecule has 0 saturated carbocycles. The predicted molar refractivity (Wildman–Crippen MR) is 136 cm³/mol. The van der Waals surface area contributed by atoms with Gasteiger partial charge in [0.05, 0.1) is 18.0 Å². The van der Waals surface area contributed by atoms with E-state index in [1.807, 2.05) is 26.8 Å². The van der Waals surface area contributed by atoms with Crippen molar-refractivity contribution in [3.8, 4) is 5.75 Å². The highest BCUT2D eigenvalue weighted by Gasteiger charge is 2.27. The van der Waals surface area contributed by atoms with Crippen LogP contribution in [0.3, 0.4) is 0 Å². The van der Waals surface area contributed by atoms with Crippen molar-refractivity contribution in [1.29, 1.82) is 0 Å². The first kappa shape index (κ1) is 26.2. The molecule has 0 unspecified atom stereocenters. The van der Waals surface area contributed by atoms with Gasteiger partial charge in [-0.25, -0.2) is 8.42 Å². The maximum absolute atomic E-state index is 13.3. The molecule has 1 aliphatic heterocycles. The maximum atomic E-state index is 13.3. The van der Waals surface area contributed by atoms with Gasteiger partial charge in [0.1, 0.15) is 5.75 Å². The molecule has 1 aliphatic rings. The van der Waals surface area contributed by atoms with Crippen molar-refractivity contribution in [2.24, 2.45) is 0 Å². The SMILES string of the molecule is COc1cc(C)c([C@H](C)NC(=O)c2cc(S(=O)(=O)N3CCCCCC3)ccc2C)cc1C(C)C. The fourth-order valence-corrected chi connectivity index (χ4v) is 6.14. The Morgan fingerprint density at radius 3 is 2.18 bits per heavy atom. The van der Waals surface area contributed by atoms with Crippen molar-refractivity contribution in [2.75, 3.05) is 20.2 Å². The Balaban J connectivity index is 1.87. The largest absolute Gasteiger partial charge is 0.496 e. The van der Waals surface area contributed by atoms with Gasteiger partial charge in [-0.05, 0) is 86.1 Å². The van der Waals surface area contributed by atoms with Crippen LogP contribution >= 0.6 is 0 Å². The second-order valence-corrected chi connectivity index (χ2v) is 11.5. The number of amides is 1. The fourth-order valence-electron chi connectivity index (χ4n) is 4.60. The van der Waals surface area contributed by atoms with Gasteiger partial charge in [0.2, 0.25) is 10.0 Å². The molecule has 2 aromatic carbocycles. The van der Waals surface area contributed by atoms with Crippen molar-refractivity contribution in [2.45, 2.75) is 77.2 Å². The molecule has 1 heterocycles. The molecule has 2 aromatic rings. The number of carbonyl (C=O) groups excluding carboxylic acids is 1. The van der Waals surface area contributed by atoms with Gasteiger partial charge >= 0.3 is 0 Å². The average molecular weight is 487 g/mol. The lowest BCUT2D eigenvalue weighted by Gasteiger charge is -2.22. The van der Waals surface area contributed by atoms with Gasteiger partial charge in [0.15, 0.2) is 0 Å². The Bertz CT molecular complexity index is 1130. The molecule has 0 aromatic heterocycles. The van der Waals surface area contributed by atoms with E-state index in [-0.39, 0.29) is 22.8 Å². The normalized spacial score (nSPS) is 16.2. The second-order valence-electron chi connectivity index (χ2n) is 9.60. The lowest BCUT2D eigenvalue weighted by Crippen LogP contribution is -2.32. The van der Waals surface area contributed by atoms with Crippen LogP contribution in [0.5, 0.6) is 5.75 Å². The summed E-state index contributed by atoms with van der Waals surface area (Å²) in [6.45, 7) is 11.1. The van der Waals surface area contributed by atoms with Gasteiger partial charge in [-0.15, -0.1) is 0 Å². The van der Waals surface area contributed by atoms with Gasteiger partial charge in [-0.3, -0.25) is 4.79 Å². The summed E-state index contributed by atoms with van der Waals surface area (Å²) >= 11 is 0. The van der Waals surface area contributed by atoms with E-state index in [1.54, 1.807) is 23.5 Å². The predicted octanol–water partition coefficient (Wildman–Crippen LogP) is 5.49. The molecule has 1 amide bonds. The zero-order valence-electron chi connectivity index (χ0n) is 21.3. The molecule has 0 spiro atoms. The summed E-state index contributed by atoms with van der Waals surface area (Å²) in [4.78, 5) is 13.4. The summed E-state index contributed by atoms with van der Waals surface area (Å²) in [7, 11) is -1.96. The first-order valence-corrected chi connectivity index (χ1v) is 13.6. The van der Waals surface area contributed by atoms with Gasteiger partial charge < -0.3 is 10.1 Å². The fraction of sp³-hybridized carbons (Fsp3) is 0.519. The maximum Gasteiger partial charge on any atom is 0.252 e. The van der Waals surface area contributed by atoms with Crippen LogP contribution in [0.15, 0.2) is 35.2 Å². The molecule has 1 N–H and O–H groups in total. The van der Waals surface area contributed by atoms with Crippen molar-refractivity contribution in [3.05, 3.63) is 58.1 Å². The number of hydrogen-bond donors (Lipinski definition) is 1. The number of sulfonamides is 1. The van der Waals surface area contributed by atoms with E-state index in [0.29, 0.717) is 18.7 Å². The molecular weight excluding hydrogens is 448 g/mol. The Hall–Kier alpha value is -2.38. The van der Waals surface area contributed by atoms with E-state index in [0.717, 1.165) is 53.7 Å². The Morgan fingerprint density at radius 1 is 0.941 bits per heavy atom. The third-order valence-electron chi connectivity index (χ3n) is 6.71. The molecule has 0 radical (unpaired) electrons. The topological polar surface area (TPSA) is 75.7 Å². The standard InChI is InChI=1S/C27H38N2O4S/c1-18(2)23-17-24(20(4)15-26(23)33-6)21(5)28-27(30)25-16-22(12-11-19(25)3)34(31,32)29-13-9-7-8-10-14-29/h11-12,15-18,21H,7-10,13-14H2,1-6H3,(H,28,30)/t21-/m0/s1. The number of nitrogens with one attached hydrogen (secondary N) is 1. The highest BCUT2D eigenvalue weighted by molar-refractivity contribution is 7.89. The summed E-state index contributed by atoms with van der Waals surface area (Å²) < 4.78 is 33.6. The molecule has 186 valence electrons. The number of ether oxygens (including phenoxy) is 1. The first-order valence-electron chi connectivity index (χ1n) is 12.2. The van der Waals surface area contributed by atoms with Crippen molar-refractivity contribution in [3.63, 3.8) is 0 Å². The summed E-state index contributed by atoms with van der Waals surface area (Å²) in [5, 5.41) is 3.08. The number of benzene rings is 2. The Kier molecular flexibility index (Phi) is 8.42. The van der Waals surface area contributed by atoms with Crippen LogP contribution < -0.4 is 10.1 Å². The quantitative estimate of drug-likeness (QED) is 0.561. The number of carbonyl (C=O) groups is 1. The number of methoxy groups -OCH3 is 1. The van der Waals surface area contributed by atoms with Gasteiger partial charge in [0.25, 0.3) is 5.91 Å². The van der Waals surface area contributed by atoms with E-state index < -0.39 is 10.0 Å². The van der Waals surface area contributed by atoms with E-state index in [4.69, 9.17) is 4.74 Å². The van der Waals surface area contributed by atoms with Crippen LogP contribution in [0, 0.1) is 13.8 Å². The Labute approximate surface area is 204 Å². The molecule has 7 heteroatoms. The monoisotopic (exact) mass is 486 g/mol. The molecular formula is C27H38N2O4S. The molecule has 6 nitrogen and oxygen atoms in total. The number of hydrogen-bond acceptors (Lipinski definition) is 4. The molecule has 1 fully saturated rings. The number of aryl methyl sites for hydroxylation is 2. The molecule has 34 heavy (non-hydrogen) atoms. The molecule has 1 saturated heterocycles. The second kappa shape index (κ2) is 10.9. The van der Waals surface area contributed by atoms with E-state index >= 15 is 0 Å². The molecule has 0 aliphatic carbocycles. The van der Waals surface area contributed by atoms with Crippen molar-refractivity contribution < 1.29 is 17.9 Å². The van der Waals surface area contributed by atoms with Crippen LogP contribution in [0.1, 0.15) is 91.0 Å². The molecule has 1 atom stereocenters. The highest BCUT2D eigenvalue weighted by atomic mass is 32.2. The van der Waals surface area contributed by atoms with Crippen LogP contribution in [0.4, 0.5) is 0 Å². The van der Waals surface area contributed by atoms with E-state index in [1.165, 1.54) is 6.07 Å². The zero-order valence-corrected chi connectivity index (χ0v) is 22.1. The van der Waals surface area contributed by atoms with E-state index in [9.17, 15) is 13.2 Å². The third kappa shape index (κ3) is 5.63.